The third-order valence-electron chi connectivity index (χ3n) is 3.11. The lowest BCUT2D eigenvalue weighted by Gasteiger charge is -2.38. The molecule has 2 atom stereocenters. The molecule has 0 amide bonds. The Morgan fingerprint density at radius 3 is 2.88 bits per heavy atom. The fraction of sp³-hybridized carbons (Fsp3) is 0.538. The SMILES string of the molecule is Cc1ccc(N2CC(C)OC(CN)C2)cc1Br. The van der Waals surface area contributed by atoms with Crippen molar-refractivity contribution in [1.29, 1.82) is 0 Å². The average Bonchev–Trinajstić information content (AvgIpc) is 2.32. The topological polar surface area (TPSA) is 38.5 Å². The van der Waals surface area contributed by atoms with Crippen molar-refractivity contribution in [2.45, 2.75) is 26.1 Å². The number of hydrogen-bond acceptors (Lipinski definition) is 3. The molecule has 1 saturated heterocycles. The molecular formula is C13H19BrN2O. The molecule has 1 aliphatic heterocycles. The van der Waals surface area contributed by atoms with E-state index in [4.69, 9.17) is 10.5 Å². The van der Waals surface area contributed by atoms with Crippen molar-refractivity contribution in [1.82, 2.24) is 0 Å². The van der Waals surface area contributed by atoms with Gasteiger partial charge in [0, 0.05) is 29.8 Å². The summed E-state index contributed by atoms with van der Waals surface area (Å²) in [4.78, 5) is 2.34. The van der Waals surface area contributed by atoms with Crippen molar-refractivity contribution >= 4 is 21.6 Å². The zero-order valence-corrected chi connectivity index (χ0v) is 11.9. The summed E-state index contributed by atoms with van der Waals surface area (Å²) >= 11 is 3.58. The van der Waals surface area contributed by atoms with Crippen molar-refractivity contribution in [3.8, 4) is 0 Å². The van der Waals surface area contributed by atoms with Crippen LogP contribution < -0.4 is 10.6 Å². The normalized spacial score (nSPS) is 25.1. The average molecular weight is 299 g/mol. The second-order valence-electron chi connectivity index (χ2n) is 4.64. The highest BCUT2D eigenvalue weighted by Crippen LogP contribution is 2.25. The minimum atomic E-state index is 0.138. The maximum atomic E-state index is 5.76. The molecule has 2 rings (SSSR count). The van der Waals surface area contributed by atoms with E-state index in [1.807, 2.05) is 0 Å². The molecule has 0 saturated carbocycles. The molecule has 1 aliphatic rings. The van der Waals surface area contributed by atoms with E-state index < -0.39 is 0 Å². The Kier molecular flexibility index (Phi) is 4.07. The Hall–Kier alpha value is -0.580. The van der Waals surface area contributed by atoms with Gasteiger partial charge in [0.2, 0.25) is 0 Å². The minimum absolute atomic E-state index is 0.138. The van der Waals surface area contributed by atoms with E-state index in [0.717, 1.165) is 17.6 Å². The molecular weight excluding hydrogens is 280 g/mol. The highest BCUT2D eigenvalue weighted by molar-refractivity contribution is 9.10. The Labute approximate surface area is 111 Å². The van der Waals surface area contributed by atoms with Crippen molar-refractivity contribution in [3.05, 3.63) is 28.2 Å². The van der Waals surface area contributed by atoms with Crippen LogP contribution in [0, 0.1) is 6.92 Å². The lowest BCUT2D eigenvalue weighted by atomic mass is 10.1. The summed E-state index contributed by atoms with van der Waals surface area (Å²) in [5, 5.41) is 0. The molecule has 17 heavy (non-hydrogen) atoms. The fourth-order valence-corrected chi connectivity index (χ4v) is 2.53. The molecule has 94 valence electrons. The number of ether oxygens (including phenoxy) is 1. The maximum absolute atomic E-state index is 5.76. The van der Waals surface area contributed by atoms with Crippen molar-refractivity contribution in [3.63, 3.8) is 0 Å². The first-order valence-electron chi connectivity index (χ1n) is 5.96. The van der Waals surface area contributed by atoms with Gasteiger partial charge in [-0.05, 0) is 31.5 Å². The number of rotatable bonds is 2. The van der Waals surface area contributed by atoms with Crippen LogP contribution in [-0.4, -0.2) is 31.8 Å². The Bertz CT molecular complexity index is 397. The molecule has 1 aromatic carbocycles. The Balaban J connectivity index is 2.17. The monoisotopic (exact) mass is 298 g/mol. The number of benzene rings is 1. The zero-order valence-electron chi connectivity index (χ0n) is 10.3. The van der Waals surface area contributed by atoms with Gasteiger partial charge in [-0.3, -0.25) is 0 Å². The van der Waals surface area contributed by atoms with E-state index in [-0.39, 0.29) is 12.2 Å². The molecule has 1 heterocycles. The van der Waals surface area contributed by atoms with Gasteiger partial charge >= 0.3 is 0 Å². The number of aryl methyl sites for hydroxylation is 1. The van der Waals surface area contributed by atoms with Crippen LogP contribution >= 0.6 is 15.9 Å². The smallest absolute Gasteiger partial charge is 0.0876 e. The fourth-order valence-electron chi connectivity index (χ4n) is 2.16. The summed E-state index contributed by atoms with van der Waals surface area (Å²) in [6.45, 7) is 6.56. The van der Waals surface area contributed by atoms with Gasteiger partial charge in [0.25, 0.3) is 0 Å². The minimum Gasteiger partial charge on any atom is -0.370 e. The highest BCUT2D eigenvalue weighted by atomic mass is 79.9. The molecule has 4 heteroatoms. The molecule has 2 unspecified atom stereocenters. The predicted octanol–water partition coefficient (Wildman–Crippen LogP) is 2.31. The lowest BCUT2D eigenvalue weighted by molar-refractivity contribution is -0.0104. The first-order valence-corrected chi connectivity index (χ1v) is 6.76. The number of nitrogens with two attached hydrogens (primary N) is 1. The van der Waals surface area contributed by atoms with Gasteiger partial charge in [-0.15, -0.1) is 0 Å². The van der Waals surface area contributed by atoms with Crippen LogP contribution in [-0.2, 0) is 4.74 Å². The van der Waals surface area contributed by atoms with Crippen LogP contribution in [0.15, 0.2) is 22.7 Å². The van der Waals surface area contributed by atoms with Gasteiger partial charge in [0.15, 0.2) is 0 Å². The van der Waals surface area contributed by atoms with Crippen LogP contribution in [0.25, 0.3) is 0 Å². The number of nitrogens with zero attached hydrogens (tertiary/aromatic N) is 1. The molecule has 0 aromatic heterocycles. The molecule has 0 spiro atoms. The van der Waals surface area contributed by atoms with Crippen LogP contribution in [0.3, 0.4) is 0 Å². The van der Waals surface area contributed by atoms with Crippen molar-refractivity contribution < 1.29 is 4.74 Å². The van der Waals surface area contributed by atoms with E-state index >= 15 is 0 Å². The summed E-state index contributed by atoms with van der Waals surface area (Å²) in [7, 11) is 0. The summed E-state index contributed by atoms with van der Waals surface area (Å²) in [5.74, 6) is 0. The molecule has 1 aromatic rings. The third kappa shape index (κ3) is 3.00. The molecule has 0 radical (unpaired) electrons. The van der Waals surface area contributed by atoms with Gasteiger partial charge in [-0.2, -0.15) is 0 Å². The number of anilines is 1. The predicted molar refractivity (Wildman–Crippen MR) is 74.5 cm³/mol. The number of morpholine rings is 1. The third-order valence-corrected chi connectivity index (χ3v) is 3.96. The first-order chi connectivity index (χ1) is 8.10. The molecule has 1 fully saturated rings. The van der Waals surface area contributed by atoms with Gasteiger partial charge in [-0.1, -0.05) is 22.0 Å². The largest absolute Gasteiger partial charge is 0.370 e. The summed E-state index contributed by atoms with van der Waals surface area (Å²) in [5.41, 5.74) is 8.19. The highest BCUT2D eigenvalue weighted by Gasteiger charge is 2.24. The summed E-state index contributed by atoms with van der Waals surface area (Å²) in [6.07, 6.45) is 0.371. The first kappa shape index (κ1) is 12.9. The van der Waals surface area contributed by atoms with Crippen LogP contribution in [0.5, 0.6) is 0 Å². The van der Waals surface area contributed by atoms with Crippen LogP contribution in [0.2, 0.25) is 0 Å². The Morgan fingerprint density at radius 2 is 2.24 bits per heavy atom. The van der Waals surface area contributed by atoms with Crippen molar-refractivity contribution in [2.24, 2.45) is 5.73 Å². The number of hydrogen-bond donors (Lipinski definition) is 1. The number of halogens is 1. The summed E-state index contributed by atoms with van der Waals surface area (Å²) < 4.78 is 6.91. The van der Waals surface area contributed by atoms with Crippen molar-refractivity contribution in [2.75, 3.05) is 24.5 Å². The van der Waals surface area contributed by atoms with E-state index in [1.54, 1.807) is 0 Å². The quantitative estimate of drug-likeness (QED) is 0.911. The van der Waals surface area contributed by atoms with Crippen LogP contribution in [0.4, 0.5) is 5.69 Å². The van der Waals surface area contributed by atoms with E-state index in [1.165, 1.54) is 11.3 Å². The van der Waals surface area contributed by atoms with Gasteiger partial charge in [0.05, 0.1) is 12.2 Å². The second kappa shape index (κ2) is 5.38. The van der Waals surface area contributed by atoms with E-state index in [2.05, 4.69) is 52.9 Å². The lowest BCUT2D eigenvalue weighted by Crippen LogP contribution is -2.49. The summed E-state index contributed by atoms with van der Waals surface area (Å²) in [6, 6.07) is 6.46. The maximum Gasteiger partial charge on any atom is 0.0876 e. The van der Waals surface area contributed by atoms with Crippen LogP contribution in [0.1, 0.15) is 12.5 Å². The van der Waals surface area contributed by atoms with Gasteiger partial charge in [-0.25, -0.2) is 0 Å². The molecule has 0 bridgehead atoms. The van der Waals surface area contributed by atoms with E-state index in [9.17, 15) is 0 Å². The Morgan fingerprint density at radius 1 is 1.47 bits per heavy atom. The zero-order chi connectivity index (χ0) is 12.4. The molecule has 0 aliphatic carbocycles. The van der Waals surface area contributed by atoms with Gasteiger partial charge in [0.1, 0.15) is 0 Å². The standard InChI is InChI=1S/C13H19BrN2O/c1-9-3-4-11(5-13(9)14)16-7-10(2)17-12(6-15)8-16/h3-5,10,12H,6-8,15H2,1-2H3. The molecule has 3 nitrogen and oxygen atoms in total. The van der Waals surface area contributed by atoms with Gasteiger partial charge < -0.3 is 15.4 Å². The molecule has 2 N–H and O–H groups in total. The second-order valence-corrected chi connectivity index (χ2v) is 5.50. The van der Waals surface area contributed by atoms with E-state index in [0.29, 0.717) is 6.54 Å².